The van der Waals surface area contributed by atoms with E-state index in [0.29, 0.717) is 0 Å². The van der Waals surface area contributed by atoms with Crippen molar-refractivity contribution in [2.75, 3.05) is 4.90 Å². The zero-order valence-electron chi connectivity index (χ0n) is 27.4. The summed E-state index contributed by atoms with van der Waals surface area (Å²) >= 11 is 0. The molecule has 0 bridgehead atoms. The van der Waals surface area contributed by atoms with Gasteiger partial charge in [-0.2, -0.15) is 0 Å². The largest absolute Gasteiger partial charge is 0.456 e. The summed E-state index contributed by atoms with van der Waals surface area (Å²) in [5.41, 5.74) is 12.9. The number of hydrogen-bond acceptors (Lipinski definition) is 2. The Bertz CT molecular complexity index is 2770. The summed E-state index contributed by atoms with van der Waals surface area (Å²) in [5, 5.41) is 7.13. The highest BCUT2D eigenvalue weighted by Crippen LogP contribution is 2.51. The average molecular weight is 628 g/mol. The van der Waals surface area contributed by atoms with Gasteiger partial charge in [-0.15, -0.1) is 0 Å². The highest BCUT2D eigenvalue weighted by molar-refractivity contribution is 6.10. The molecule has 0 atom stereocenters. The van der Waals surface area contributed by atoms with Crippen LogP contribution < -0.4 is 4.90 Å². The number of fused-ring (bicyclic) bond motifs is 8. The Hall–Kier alpha value is -6.12. The maximum atomic E-state index is 6.31. The molecule has 9 aromatic rings. The van der Waals surface area contributed by atoms with E-state index in [4.69, 9.17) is 4.42 Å². The van der Waals surface area contributed by atoms with Gasteiger partial charge in [-0.25, -0.2) is 0 Å². The van der Waals surface area contributed by atoms with Crippen molar-refractivity contribution in [2.45, 2.75) is 19.3 Å². The Labute approximate surface area is 285 Å². The molecule has 8 aromatic carbocycles. The van der Waals surface area contributed by atoms with Gasteiger partial charge in [0.05, 0.1) is 0 Å². The topological polar surface area (TPSA) is 16.4 Å². The van der Waals surface area contributed by atoms with Crippen LogP contribution in [0.1, 0.15) is 25.0 Å². The number of furan rings is 1. The van der Waals surface area contributed by atoms with Crippen LogP contribution in [0.25, 0.3) is 65.7 Å². The van der Waals surface area contributed by atoms with Crippen LogP contribution in [0.2, 0.25) is 0 Å². The van der Waals surface area contributed by atoms with E-state index < -0.39 is 0 Å². The molecule has 2 nitrogen and oxygen atoms in total. The summed E-state index contributed by atoms with van der Waals surface area (Å²) in [6.07, 6.45) is 0. The lowest BCUT2D eigenvalue weighted by Gasteiger charge is -2.28. The maximum Gasteiger partial charge on any atom is 0.136 e. The van der Waals surface area contributed by atoms with E-state index >= 15 is 0 Å². The summed E-state index contributed by atoms with van der Waals surface area (Å²) in [6, 6.07) is 59.7. The van der Waals surface area contributed by atoms with Crippen LogP contribution in [0.4, 0.5) is 17.1 Å². The zero-order chi connectivity index (χ0) is 32.7. The molecule has 232 valence electrons. The van der Waals surface area contributed by atoms with Crippen LogP contribution >= 0.6 is 0 Å². The molecule has 1 aliphatic rings. The van der Waals surface area contributed by atoms with Crippen LogP contribution in [0.3, 0.4) is 0 Å². The fourth-order valence-electron chi connectivity index (χ4n) is 8.08. The second-order valence-electron chi connectivity index (χ2n) is 13.8. The molecule has 0 aliphatic heterocycles. The summed E-state index contributed by atoms with van der Waals surface area (Å²) in [5.74, 6) is 0. The van der Waals surface area contributed by atoms with Crippen molar-refractivity contribution in [1.29, 1.82) is 0 Å². The quantitative estimate of drug-likeness (QED) is 0.193. The minimum Gasteiger partial charge on any atom is -0.456 e. The van der Waals surface area contributed by atoms with Gasteiger partial charge >= 0.3 is 0 Å². The minimum absolute atomic E-state index is 0.0494. The third kappa shape index (κ3) is 4.34. The van der Waals surface area contributed by atoms with Gasteiger partial charge in [-0.3, -0.25) is 0 Å². The third-order valence-electron chi connectivity index (χ3n) is 10.6. The van der Waals surface area contributed by atoms with Crippen LogP contribution in [0.5, 0.6) is 0 Å². The molecule has 0 fully saturated rings. The maximum absolute atomic E-state index is 6.31. The van der Waals surface area contributed by atoms with E-state index in [1.54, 1.807) is 0 Å². The van der Waals surface area contributed by atoms with E-state index in [9.17, 15) is 0 Å². The number of anilines is 3. The van der Waals surface area contributed by atoms with Gasteiger partial charge in [0.2, 0.25) is 0 Å². The van der Waals surface area contributed by atoms with Crippen molar-refractivity contribution >= 4 is 60.5 Å². The standard InChI is InChI=1S/C47H33NO/c1-47(2)43-16-7-5-14-39(43)41-29-38(22-23-44(41)47)48(36-13-9-12-32(25-36)33-19-18-30-10-3-4-11-31(30)24-33)37-21-20-34-27-42-40-15-6-8-17-45(40)49-46(42)28-35(34)26-37/h3-29H,1-2H3. The van der Waals surface area contributed by atoms with Crippen LogP contribution in [0, 0.1) is 0 Å². The van der Waals surface area contributed by atoms with Gasteiger partial charge in [0.25, 0.3) is 0 Å². The predicted molar refractivity (Wildman–Crippen MR) is 206 cm³/mol. The highest BCUT2D eigenvalue weighted by atomic mass is 16.3. The molecule has 0 saturated heterocycles. The second-order valence-corrected chi connectivity index (χ2v) is 13.8. The van der Waals surface area contributed by atoms with E-state index in [-0.39, 0.29) is 5.41 Å². The molecule has 0 N–H and O–H groups in total. The van der Waals surface area contributed by atoms with E-state index in [1.165, 1.54) is 49.5 Å². The van der Waals surface area contributed by atoms with E-state index in [2.05, 4.69) is 170 Å². The van der Waals surface area contributed by atoms with E-state index in [1.807, 2.05) is 12.1 Å². The Balaban J connectivity index is 1.17. The molecule has 0 spiro atoms. The van der Waals surface area contributed by atoms with Crippen LogP contribution in [-0.4, -0.2) is 0 Å². The highest BCUT2D eigenvalue weighted by Gasteiger charge is 2.35. The first-order valence-corrected chi connectivity index (χ1v) is 17.0. The lowest BCUT2D eigenvalue weighted by molar-refractivity contribution is 0.660. The number of benzene rings is 8. The second kappa shape index (κ2) is 10.4. The third-order valence-corrected chi connectivity index (χ3v) is 10.6. The normalized spacial score (nSPS) is 13.3. The summed E-state index contributed by atoms with van der Waals surface area (Å²) in [7, 11) is 0. The van der Waals surface area contributed by atoms with Gasteiger partial charge in [-0.05, 0) is 116 Å². The molecule has 49 heavy (non-hydrogen) atoms. The van der Waals surface area contributed by atoms with Gasteiger partial charge in [0.1, 0.15) is 11.2 Å². The Kier molecular flexibility index (Phi) is 5.95. The lowest BCUT2D eigenvalue weighted by Crippen LogP contribution is -2.15. The summed E-state index contributed by atoms with van der Waals surface area (Å²) in [4.78, 5) is 2.40. The molecule has 1 heterocycles. The molecule has 1 aliphatic carbocycles. The van der Waals surface area contributed by atoms with Crippen LogP contribution in [-0.2, 0) is 5.41 Å². The van der Waals surface area contributed by atoms with Gasteiger partial charge in [0, 0.05) is 33.2 Å². The number of rotatable bonds is 4. The van der Waals surface area contributed by atoms with Crippen molar-refractivity contribution < 1.29 is 4.42 Å². The SMILES string of the molecule is CC1(C)c2ccccc2-c2cc(N(c3cccc(-c4ccc5ccccc5c4)c3)c3ccc4cc5c(cc4c3)oc3ccccc35)ccc21. The van der Waals surface area contributed by atoms with Crippen molar-refractivity contribution in [2.24, 2.45) is 0 Å². The Morgan fingerprint density at radius 1 is 0.408 bits per heavy atom. The van der Waals surface area contributed by atoms with Gasteiger partial charge < -0.3 is 9.32 Å². The molecule has 0 unspecified atom stereocenters. The number of hydrogen-bond donors (Lipinski definition) is 0. The minimum atomic E-state index is -0.0494. The Morgan fingerprint density at radius 3 is 2.04 bits per heavy atom. The zero-order valence-corrected chi connectivity index (χ0v) is 27.4. The van der Waals surface area contributed by atoms with Crippen molar-refractivity contribution in [3.8, 4) is 22.3 Å². The number of para-hydroxylation sites is 1. The van der Waals surface area contributed by atoms with Crippen molar-refractivity contribution in [3.05, 3.63) is 175 Å². The first-order chi connectivity index (χ1) is 24.0. The predicted octanol–water partition coefficient (Wildman–Crippen LogP) is 13.3. The molecule has 0 radical (unpaired) electrons. The molecule has 10 rings (SSSR count). The smallest absolute Gasteiger partial charge is 0.136 e. The molecular weight excluding hydrogens is 595 g/mol. The monoisotopic (exact) mass is 627 g/mol. The van der Waals surface area contributed by atoms with Crippen LogP contribution in [0.15, 0.2) is 168 Å². The molecule has 0 amide bonds. The molecule has 2 heteroatoms. The number of nitrogens with zero attached hydrogens (tertiary/aromatic N) is 1. The van der Waals surface area contributed by atoms with E-state index in [0.717, 1.165) is 44.4 Å². The van der Waals surface area contributed by atoms with Crippen molar-refractivity contribution in [1.82, 2.24) is 0 Å². The van der Waals surface area contributed by atoms with Crippen molar-refractivity contribution in [3.63, 3.8) is 0 Å². The fourth-order valence-corrected chi connectivity index (χ4v) is 8.08. The summed E-state index contributed by atoms with van der Waals surface area (Å²) < 4.78 is 6.31. The first-order valence-electron chi connectivity index (χ1n) is 17.0. The lowest BCUT2D eigenvalue weighted by atomic mass is 9.82. The van der Waals surface area contributed by atoms with Gasteiger partial charge in [0.15, 0.2) is 0 Å². The molecule has 0 saturated carbocycles. The fraction of sp³-hybridized carbons (Fsp3) is 0.0638. The first kappa shape index (κ1) is 27.9. The van der Waals surface area contributed by atoms with Gasteiger partial charge in [-0.1, -0.05) is 117 Å². The molecule has 1 aromatic heterocycles. The molecular formula is C47H33NO. The average Bonchev–Trinajstić information content (AvgIpc) is 3.61. The Morgan fingerprint density at radius 2 is 1.10 bits per heavy atom. The summed E-state index contributed by atoms with van der Waals surface area (Å²) in [6.45, 7) is 4.68.